The van der Waals surface area contributed by atoms with Crippen LogP contribution in [0.3, 0.4) is 0 Å². The molecule has 2 aromatic rings. The van der Waals surface area contributed by atoms with Gasteiger partial charge in [-0.3, -0.25) is 9.89 Å². The van der Waals surface area contributed by atoms with Crippen LogP contribution in [0.5, 0.6) is 0 Å². The molecule has 0 saturated carbocycles. The second-order valence-corrected chi connectivity index (χ2v) is 10.1. The Morgan fingerprint density at radius 2 is 1.85 bits per heavy atom. The fourth-order valence-corrected chi connectivity index (χ4v) is 3.89. The molecule has 33 heavy (non-hydrogen) atoms. The monoisotopic (exact) mass is 457 g/mol. The van der Waals surface area contributed by atoms with Crippen molar-refractivity contribution in [3.63, 3.8) is 0 Å². The lowest BCUT2D eigenvalue weighted by atomic mass is 9.92. The lowest BCUT2D eigenvalue weighted by molar-refractivity contribution is -0.138. The number of ether oxygens (including phenoxy) is 1. The summed E-state index contributed by atoms with van der Waals surface area (Å²) in [6.07, 6.45) is 1.16. The number of hydrogen-bond acceptors (Lipinski definition) is 7. The number of H-pyrrole nitrogens is 1. The Hall–Kier alpha value is -3.17. The second-order valence-electron chi connectivity index (χ2n) is 10.1. The summed E-state index contributed by atoms with van der Waals surface area (Å²) in [5.74, 6) is 1.93. The molecule has 1 atom stereocenters. The van der Waals surface area contributed by atoms with E-state index in [9.17, 15) is 9.59 Å². The average Bonchev–Trinajstić information content (AvgIpc) is 3.09. The van der Waals surface area contributed by atoms with Gasteiger partial charge in [0.05, 0.1) is 5.69 Å². The topological polar surface area (TPSA) is 125 Å². The lowest BCUT2D eigenvalue weighted by Crippen LogP contribution is -2.58. The van der Waals surface area contributed by atoms with E-state index in [-0.39, 0.29) is 11.8 Å². The summed E-state index contributed by atoms with van der Waals surface area (Å²) in [5.41, 5.74) is 0.112. The number of alkyl carbamates (subject to hydrolysis) is 1. The van der Waals surface area contributed by atoms with Crippen LogP contribution in [0, 0.1) is 13.8 Å². The number of aromatic amines is 1. The van der Waals surface area contributed by atoms with Crippen molar-refractivity contribution >= 4 is 23.6 Å². The number of likely N-dealkylation sites (tertiary alicyclic amines) is 1. The molecule has 0 radical (unpaired) electrons. The first-order chi connectivity index (χ1) is 15.3. The van der Waals surface area contributed by atoms with Gasteiger partial charge in [0.2, 0.25) is 5.91 Å². The molecule has 0 spiro atoms. The Kier molecular flexibility index (Phi) is 6.94. The van der Waals surface area contributed by atoms with E-state index in [1.54, 1.807) is 39.5 Å². The highest BCUT2D eigenvalue weighted by Gasteiger charge is 2.37. The first-order valence-electron chi connectivity index (χ1n) is 11.3. The quantitative estimate of drug-likeness (QED) is 0.627. The third kappa shape index (κ3) is 6.66. The van der Waals surface area contributed by atoms with E-state index in [0.29, 0.717) is 30.5 Å². The Morgan fingerprint density at radius 3 is 2.48 bits per heavy atom. The molecule has 0 bridgehead atoms. The number of hydrogen-bond donors (Lipinski definition) is 3. The minimum atomic E-state index is -1.09. The Morgan fingerprint density at radius 1 is 1.12 bits per heavy atom. The number of nitrogens with zero attached hydrogens (tertiary/aromatic N) is 4. The van der Waals surface area contributed by atoms with Crippen molar-refractivity contribution in [1.29, 1.82) is 0 Å². The van der Waals surface area contributed by atoms with Gasteiger partial charge >= 0.3 is 6.09 Å². The molecule has 2 amide bonds. The highest BCUT2D eigenvalue weighted by atomic mass is 16.6. The summed E-state index contributed by atoms with van der Waals surface area (Å²) < 4.78 is 5.33. The number of aryl methyl sites for hydroxylation is 2. The van der Waals surface area contributed by atoms with Crippen LogP contribution in [0.1, 0.15) is 70.6 Å². The number of nitrogens with one attached hydrogen (secondary N) is 3. The van der Waals surface area contributed by atoms with Gasteiger partial charge in [-0.15, -0.1) is 0 Å². The van der Waals surface area contributed by atoms with Gasteiger partial charge in [0.15, 0.2) is 5.82 Å². The lowest BCUT2D eigenvalue weighted by Gasteiger charge is -2.38. The fraction of sp³-hybridized carbons (Fsp3) is 0.609. The number of aromatic nitrogens is 4. The van der Waals surface area contributed by atoms with Crippen LogP contribution >= 0.6 is 0 Å². The average molecular weight is 458 g/mol. The molecule has 3 heterocycles. The van der Waals surface area contributed by atoms with Crippen molar-refractivity contribution in [2.24, 2.45) is 0 Å². The summed E-state index contributed by atoms with van der Waals surface area (Å²) in [4.78, 5) is 36.4. The minimum Gasteiger partial charge on any atom is -0.444 e. The van der Waals surface area contributed by atoms with Crippen LogP contribution in [0.2, 0.25) is 0 Å². The summed E-state index contributed by atoms with van der Waals surface area (Å²) >= 11 is 0. The van der Waals surface area contributed by atoms with Crippen LogP contribution in [0.4, 0.5) is 16.4 Å². The van der Waals surface area contributed by atoms with E-state index < -0.39 is 17.2 Å². The molecule has 1 aliphatic heterocycles. The molecule has 2 aromatic heterocycles. The van der Waals surface area contributed by atoms with Crippen LogP contribution in [0.25, 0.3) is 0 Å². The molecule has 0 unspecified atom stereocenters. The number of carbonyl (C=O) groups excluding carboxylic acids is 2. The smallest absolute Gasteiger partial charge is 0.408 e. The maximum Gasteiger partial charge on any atom is 0.408 e. The predicted octanol–water partition coefficient (Wildman–Crippen LogP) is 3.57. The van der Waals surface area contributed by atoms with Crippen molar-refractivity contribution in [2.75, 3.05) is 18.4 Å². The van der Waals surface area contributed by atoms with E-state index in [0.717, 1.165) is 24.2 Å². The summed E-state index contributed by atoms with van der Waals surface area (Å²) in [5, 5.41) is 13.0. The van der Waals surface area contributed by atoms with Crippen LogP contribution in [-0.2, 0) is 9.53 Å². The van der Waals surface area contributed by atoms with Gasteiger partial charge in [0.1, 0.15) is 22.8 Å². The van der Waals surface area contributed by atoms with Gasteiger partial charge in [0, 0.05) is 36.8 Å². The summed E-state index contributed by atoms with van der Waals surface area (Å²) in [7, 11) is 0. The highest BCUT2D eigenvalue weighted by Crippen LogP contribution is 2.29. The standard InChI is InChI=1S/C23H35N7O3/c1-14-11-19(29-28-14)26-18-12-17(24-15(2)25-18)16-9-8-10-30(13-16)20(31)23(6,7)27-21(32)33-22(3,4)5/h11-12,16H,8-10,13H2,1-7H3,(H,27,32)(H2,24,25,26,28,29)/t16-/m1/s1. The van der Waals surface area contributed by atoms with E-state index in [4.69, 9.17) is 4.74 Å². The highest BCUT2D eigenvalue weighted by molar-refractivity contribution is 5.89. The fourth-order valence-electron chi connectivity index (χ4n) is 3.89. The maximum absolute atomic E-state index is 13.3. The van der Waals surface area contributed by atoms with Crippen LogP contribution in [-0.4, -0.2) is 61.3 Å². The van der Waals surface area contributed by atoms with Crippen molar-refractivity contribution in [3.8, 4) is 0 Å². The zero-order valence-electron chi connectivity index (χ0n) is 20.6. The van der Waals surface area contributed by atoms with Gasteiger partial charge < -0.3 is 20.3 Å². The molecule has 0 aliphatic carbocycles. The van der Waals surface area contributed by atoms with Gasteiger partial charge in [-0.2, -0.15) is 5.10 Å². The molecule has 1 fully saturated rings. The second kappa shape index (κ2) is 9.36. The summed E-state index contributed by atoms with van der Waals surface area (Å²) in [6, 6.07) is 3.82. The molecule has 1 saturated heterocycles. The molecule has 180 valence electrons. The van der Waals surface area contributed by atoms with E-state index >= 15 is 0 Å². The van der Waals surface area contributed by atoms with E-state index in [1.165, 1.54) is 0 Å². The Bertz CT molecular complexity index is 1010. The number of amides is 2. The van der Waals surface area contributed by atoms with Crippen LogP contribution in [0.15, 0.2) is 12.1 Å². The van der Waals surface area contributed by atoms with Crippen molar-refractivity contribution in [3.05, 3.63) is 29.3 Å². The number of carbonyl (C=O) groups is 2. The van der Waals surface area contributed by atoms with Gasteiger partial charge in [0.25, 0.3) is 0 Å². The van der Waals surface area contributed by atoms with Gasteiger partial charge in [-0.1, -0.05) is 0 Å². The third-order valence-corrected chi connectivity index (χ3v) is 5.29. The number of piperidine rings is 1. The van der Waals surface area contributed by atoms with Crippen molar-refractivity contribution < 1.29 is 14.3 Å². The normalized spacial score (nSPS) is 16.9. The Balaban J connectivity index is 1.70. The number of anilines is 2. The molecular formula is C23H35N7O3. The van der Waals surface area contributed by atoms with Gasteiger partial charge in [-0.25, -0.2) is 14.8 Å². The molecule has 0 aromatic carbocycles. The largest absolute Gasteiger partial charge is 0.444 e. The first kappa shape index (κ1) is 24.5. The zero-order valence-corrected chi connectivity index (χ0v) is 20.6. The van der Waals surface area contributed by atoms with Crippen molar-refractivity contribution in [2.45, 2.75) is 78.4 Å². The first-order valence-corrected chi connectivity index (χ1v) is 11.3. The number of rotatable bonds is 5. The molecule has 10 nitrogen and oxygen atoms in total. The maximum atomic E-state index is 13.3. The predicted molar refractivity (Wildman–Crippen MR) is 125 cm³/mol. The third-order valence-electron chi connectivity index (χ3n) is 5.29. The van der Waals surface area contributed by atoms with Crippen LogP contribution < -0.4 is 10.6 Å². The molecule has 3 N–H and O–H groups in total. The van der Waals surface area contributed by atoms with E-state index in [1.807, 2.05) is 26.0 Å². The molecule has 10 heteroatoms. The Labute approximate surface area is 194 Å². The van der Waals surface area contributed by atoms with Gasteiger partial charge in [-0.05, 0) is 61.3 Å². The minimum absolute atomic E-state index is 0.0724. The van der Waals surface area contributed by atoms with E-state index in [2.05, 4.69) is 30.8 Å². The molecular weight excluding hydrogens is 422 g/mol. The molecule has 1 aliphatic rings. The van der Waals surface area contributed by atoms with Crippen molar-refractivity contribution in [1.82, 2.24) is 30.4 Å². The zero-order chi connectivity index (χ0) is 24.4. The summed E-state index contributed by atoms with van der Waals surface area (Å²) in [6.45, 7) is 13.7. The molecule has 3 rings (SSSR count). The SMILES string of the molecule is Cc1nc(Nc2cc(C)[nH]n2)cc([C@@H]2CCCN(C(=O)C(C)(C)NC(=O)OC(C)(C)C)C2)n1.